The lowest BCUT2D eigenvalue weighted by Crippen LogP contribution is -2.37. The molecular weight excluding hydrogens is 369 g/mol. The van der Waals surface area contributed by atoms with E-state index < -0.39 is 11.8 Å². The van der Waals surface area contributed by atoms with E-state index >= 15 is 0 Å². The van der Waals surface area contributed by atoms with Gasteiger partial charge >= 0.3 is 5.97 Å². The summed E-state index contributed by atoms with van der Waals surface area (Å²) >= 11 is 0. The number of benzene rings is 2. The van der Waals surface area contributed by atoms with Gasteiger partial charge in [0.05, 0.1) is 5.69 Å². The molecule has 0 aromatic heterocycles. The second kappa shape index (κ2) is 8.90. The van der Waals surface area contributed by atoms with Crippen LogP contribution in [-0.2, 0) is 24.2 Å². The van der Waals surface area contributed by atoms with Crippen LogP contribution in [0.4, 0.5) is 10.1 Å². The maximum absolute atomic E-state index is 14.9. The molecule has 0 fully saturated rings. The van der Waals surface area contributed by atoms with E-state index in [2.05, 4.69) is 11.1 Å². The summed E-state index contributed by atoms with van der Waals surface area (Å²) in [5.74, 6) is -1.06. The molecule has 0 radical (unpaired) electrons. The molecule has 0 saturated carbocycles. The summed E-state index contributed by atoms with van der Waals surface area (Å²) in [5.41, 5.74) is 10.9. The van der Waals surface area contributed by atoms with Gasteiger partial charge in [-0.1, -0.05) is 35.9 Å². The number of nitrogens with zero attached hydrogens (tertiary/aromatic N) is 2. The van der Waals surface area contributed by atoms with Gasteiger partial charge in [0.2, 0.25) is 0 Å². The van der Waals surface area contributed by atoms with Crippen molar-refractivity contribution >= 4 is 17.5 Å². The van der Waals surface area contributed by atoms with Crippen LogP contribution in [-0.4, -0.2) is 28.4 Å². The van der Waals surface area contributed by atoms with Crippen molar-refractivity contribution in [2.24, 2.45) is 10.7 Å². The van der Waals surface area contributed by atoms with E-state index in [1.807, 2.05) is 48.2 Å². The van der Waals surface area contributed by atoms with Crippen molar-refractivity contribution in [1.29, 1.82) is 0 Å². The molecule has 3 rings (SSSR count). The summed E-state index contributed by atoms with van der Waals surface area (Å²) < 4.78 is 14.9. The van der Waals surface area contributed by atoms with Gasteiger partial charge in [0, 0.05) is 25.2 Å². The molecule has 0 aliphatic carbocycles. The molecule has 2 aromatic rings. The van der Waals surface area contributed by atoms with Crippen molar-refractivity contribution in [2.45, 2.75) is 39.7 Å². The lowest BCUT2D eigenvalue weighted by atomic mass is 9.95. The first kappa shape index (κ1) is 20.6. The number of amidine groups is 1. The van der Waals surface area contributed by atoms with Crippen LogP contribution in [0.1, 0.15) is 35.6 Å². The number of nitrogens with two attached hydrogens (primary N) is 1. The van der Waals surface area contributed by atoms with Gasteiger partial charge in [0.15, 0.2) is 11.7 Å². The average molecular weight is 395 g/mol. The second-order valence-corrected chi connectivity index (χ2v) is 7.44. The number of carboxylic acid groups (broad SMARTS) is 1. The fourth-order valence-electron chi connectivity index (χ4n) is 3.37. The van der Waals surface area contributed by atoms with Crippen LogP contribution in [0, 0.1) is 6.92 Å². The standard InChI is InChI=1S/C23H26FN3O2/c1-15-3-8-20(9-4-15)26-23(22(24)16(2)25)27-12-11-18-13-17(6-10-21(28)29)5-7-19(18)14-27/h3-5,7-9,13H,6,10-12,14,25H2,1-2H3,(H,28,29). The highest BCUT2D eigenvalue weighted by molar-refractivity contribution is 5.98. The Morgan fingerprint density at radius 3 is 2.59 bits per heavy atom. The van der Waals surface area contributed by atoms with Crippen LogP contribution in [0.3, 0.4) is 0 Å². The number of aliphatic imine (C=N–C) groups is 1. The molecule has 29 heavy (non-hydrogen) atoms. The second-order valence-electron chi connectivity index (χ2n) is 7.44. The zero-order valence-corrected chi connectivity index (χ0v) is 16.8. The van der Waals surface area contributed by atoms with E-state index in [0.717, 1.165) is 23.1 Å². The number of carboxylic acids is 1. The molecular formula is C23H26FN3O2. The SMILES string of the molecule is CC(N)=C(F)C(=Nc1ccc(C)cc1)N1CCc2cc(CCC(=O)O)ccc2C1. The molecule has 1 aliphatic heterocycles. The van der Waals surface area contributed by atoms with Gasteiger partial charge < -0.3 is 15.7 Å². The summed E-state index contributed by atoms with van der Waals surface area (Å²) in [5, 5.41) is 8.87. The predicted molar refractivity (Wildman–Crippen MR) is 113 cm³/mol. The summed E-state index contributed by atoms with van der Waals surface area (Å²) in [6.45, 7) is 4.67. The number of hydrogen-bond donors (Lipinski definition) is 2. The van der Waals surface area contributed by atoms with E-state index in [9.17, 15) is 9.18 Å². The van der Waals surface area contributed by atoms with Gasteiger partial charge in [0.25, 0.3) is 0 Å². The third-order valence-corrected chi connectivity index (χ3v) is 5.02. The zero-order chi connectivity index (χ0) is 21.0. The van der Waals surface area contributed by atoms with Crippen molar-refractivity contribution in [3.8, 4) is 0 Å². The Morgan fingerprint density at radius 2 is 1.93 bits per heavy atom. The maximum Gasteiger partial charge on any atom is 0.303 e. The maximum atomic E-state index is 14.9. The Kier molecular flexibility index (Phi) is 6.32. The molecule has 0 amide bonds. The quantitative estimate of drug-likeness (QED) is 0.586. The molecule has 0 atom stereocenters. The topological polar surface area (TPSA) is 78.9 Å². The summed E-state index contributed by atoms with van der Waals surface area (Å²) in [7, 11) is 0. The van der Waals surface area contributed by atoms with Crippen LogP contribution in [0.5, 0.6) is 0 Å². The first-order valence-electron chi connectivity index (χ1n) is 9.68. The predicted octanol–water partition coefficient (Wildman–Crippen LogP) is 4.26. The first-order chi connectivity index (χ1) is 13.8. The fraction of sp³-hybridized carbons (Fsp3) is 0.304. The van der Waals surface area contributed by atoms with Gasteiger partial charge in [0.1, 0.15) is 0 Å². The van der Waals surface area contributed by atoms with Gasteiger partial charge in [-0.25, -0.2) is 9.38 Å². The fourth-order valence-corrected chi connectivity index (χ4v) is 3.37. The minimum absolute atomic E-state index is 0.102. The average Bonchev–Trinajstić information content (AvgIpc) is 2.70. The smallest absolute Gasteiger partial charge is 0.303 e. The molecule has 1 aliphatic rings. The Hall–Kier alpha value is -3.15. The van der Waals surface area contributed by atoms with Crippen molar-refractivity contribution in [2.75, 3.05) is 6.54 Å². The Morgan fingerprint density at radius 1 is 1.21 bits per heavy atom. The Bertz CT molecular complexity index is 961. The number of allylic oxidation sites excluding steroid dienone is 1. The third-order valence-electron chi connectivity index (χ3n) is 5.02. The van der Waals surface area contributed by atoms with Gasteiger partial charge in [-0.05, 0) is 55.5 Å². The molecule has 2 aromatic carbocycles. The van der Waals surface area contributed by atoms with Crippen molar-refractivity contribution in [1.82, 2.24) is 4.90 Å². The Labute approximate surface area is 170 Å². The molecule has 5 nitrogen and oxygen atoms in total. The minimum atomic E-state index is -0.801. The zero-order valence-electron chi connectivity index (χ0n) is 16.8. The largest absolute Gasteiger partial charge is 0.481 e. The molecule has 1 heterocycles. The first-order valence-corrected chi connectivity index (χ1v) is 9.68. The van der Waals surface area contributed by atoms with Crippen LogP contribution >= 0.6 is 0 Å². The van der Waals surface area contributed by atoms with Crippen LogP contribution in [0.25, 0.3) is 0 Å². The summed E-state index contributed by atoms with van der Waals surface area (Å²) in [6.07, 6.45) is 1.36. The summed E-state index contributed by atoms with van der Waals surface area (Å²) in [4.78, 5) is 17.3. The van der Waals surface area contributed by atoms with Crippen molar-refractivity contribution in [3.63, 3.8) is 0 Å². The number of fused-ring (bicyclic) bond motifs is 1. The van der Waals surface area contributed by atoms with E-state index in [-0.39, 0.29) is 18.0 Å². The minimum Gasteiger partial charge on any atom is -0.481 e. The number of rotatable bonds is 5. The molecule has 0 bridgehead atoms. The van der Waals surface area contributed by atoms with Crippen LogP contribution < -0.4 is 5.73 Å². The third kappa shape index (κ3) is 5.22. The van der Waals surface area contributed by atoms with Gasteiger partial charge in [-0.2, -0.15) is 0 Å². The van der Waals surface area contributed by atoms with Crippen LogP contribution in [0.15, 0.2) is 59.0 Å². The van der Waals surface area contributed by atoms with E-state index in [0.29, 0.717) is 25.2 Å². The molecule has 0 unspecified atom stereocenters. The molecule has 152 valence electrons. The molecule has 6 heteroatoms. The lowest BCUT2D eigenvalue weighted by Gasteiger charge is -2.31. The highest BCUT2D eigenvalue weighted by atomic mass is 19.1. The highest BCUT2D eigenvalue weighted by Crippen LogP contribution is 2.25. The van der Waals surface area contributed by atoms with E-state index in [1.165, 1.54) is 12.5 Å². The lowest BCUT2D eigenvalue weighted by molar-refractivity contribution is -0.136. The highest BCUT2D eigenvalue weighted by Gasteiger charge is 2.23. The number of hydrogen-bond acceptors (Lipinski definition) is 3. The molecule has 3 N–H and O–H groups in total. The van der Waals surface area contributed by atoms with Crippen molar-refractivity contribution in [3.05, 3.63) is 76.2 Å². The monoisotopic (exact) mass is 395 g/mol. The number of carbonyl (C=O) groups is 1. The summed E-state index contributed by atoms with van der Waals surface area (Å²) in [6, 6.07) is 13.6. The number of aliphatic carboxylic acids is 1. The molecule has 0 spiro atoms. The van der Waals surface area contributed by atoms with Gasteiger partial charge in [-0.15, -0.1) is 0 Å². The van der Waals surface area contributed by atoms with E-state index in [4.69, 9.17) is 10.8 Å². The normalized spacial score (nSPS) is 15.0. The van der Waals surface area contributed by atoms with Gasteiger partial charge in [-0.3, -0.25) is 4.79 Å². The van der Waals surface area contributed by atoms with Crippen LogP contribution in [0.2, 0.25) is 0 Å². The van der Waals surface area contributed by atoms with Crippen molar-refractivity contribution < 1.29 is 14.3 Å². The number of halogens is 1. The molecule has 0 saturated heterocycles. The number of aryl methyl sites for hydroxylation is 2. The Balaban J connectivity index is 1.87. The van der Waals surface area contributed by atoms with E-state index in [1.54, 1.807) is 0 Å².